The van der Waals surface area contributed by atoms with Crippen LogP contribution in [0.25, 0.3) is 0 Å². The van der Waals surface area contributed by atoms with Gasteiger partial charge in [0, 0.05) is 6.07 Å². The Labute approximate surface area is 100.0 Å². The summed E-state index contributed by atoms with van der Waals surface area (Å²) in [6, 6.07) is 3.43. The van der Waals surface area contributed by atoms with Crippen LogP contribution in [0, 0.1) is 17.6 Å². The lowest BCUT2D eigenvalue weighted by molar-refractivity contribution is 0.195. The van der Waals surface area contributed by atoms with Crippen molar-refractivity contribution in [3.63, 3.8) is 0 Å². The van der Waals surface area contributed by atoms with Crippen LogP contribution in [-0.2, 0) is 0 Å². The Morgan fingerprint density at radius 1 is 1.35 bits per heavy atom. The second kappa shape index (κ2) is 5.45. The van der Waals surface area contributed by atoms with Crippen molar-refractivity contribution < 1.29 is 13.5 Å². The molecule has 0 aromatic heterocycles. The first-order chi connectivity index (χ1) is 8.19. The van der Waals surface area contributed by atoms with Crippen molar-refractivity contribution in [2.75, 3.05) is 13.6 Å². The maximum Gasteiger partial charge on any atom is 0.167 e. The molecule has 1 aliphatic carbocycles. The Morgan fingerprint density at radius 3 is 2.88 bits per heavy atom. The highest BCUT2D eigenvalue weighted by Crippen LogP contribution is 2.30. The molecular formula is C13H17F2NO. The van der Waals surface area contributed by atoms with Crippen molar-refractivity contribution in [2.45, 2.75) is 25.4 Å². The Kier molecular flexibility index (Phi) is 3.94. The van der Waals surface area contributed by atoms with Gasteiger partial charge in [-0.1, -0.05) is 0 Å². The summed E-state index contributed by atoms with van der Waals surface area (Å²) < 4.78 is 31.7. The van der Waals surface area contributed by atoms with Crippen LogP contribution in [0.15, 0.2) is 18.2 Å². The minimum atomic E-state index is -0.623. The zero-order chi connectivity index (χ0) is 12.3. The summed E-state index contributed by atoms with van der Waals surface area (Å²) in [5.74, 6) is -0.452. The molecule has 2 unspecified atom stereocenters. The SMILES string of the molecule is CNCC1CCC(Oc2ccc(F)cc2F)C1. The monoisotopic (exact) mass is 241 g/mol. The van der Waals surface area contributed by atoms with Crippen molar-refractivity contribution in [2.24, 2.45) is 5.92 Å². The van der Waals surface area contributed by atoms with E-state index in [1.165, 1.54) is 12.1 Å². The van der Waals surface area contributed by atoms with Gasteiger partial charge in [0.05, 0.1) is 6.10 Å². The van der Waals surface area contributed by atoms with Gasteiger partial charge in [-0.2, -0.15) is 0 Å². The third-order valence-electron chi connectivity index (χ3n) is 3.17. The standard InChI is InChI=1S/C13H17F2NO/c1-16-8-9-2-4-11(6-9)17-13-5-3-10(14)7-12(13)15/h3,5,7,9,11,16H,2,4,6,8H2,1H3. The van der Waals surface area contributed by atoms with E-state index in [1.54, 1.807) is 0 Å². The van der Waals surface area contributed by atoms with Gasteiger partial charge in [0.1, 0.15) is 5.82 Å². The van der Waals surface area contributed by atoms with E-state index in [4.69, 9.17) is 4.74 Å². The maximum absolute atomic E-state index is 13.4. The predicted molar refractivity (Wildman–Crippen MR) is 62.0 cm³/mol. The van der Waals surface area contributed by atoms with Gasteiger partial charge >= 0.3 is 0 Å². The van der Waals surface area contributed by atoms with Gasteiger partial charge in [-0.3, -0.25) is 0 Å². The Bertz CT molecular complexity index is 384. The highest BCUT2D eigenvalue weighted by molar-refractivity contribution is 5.25. The molecule has 17 heavy (non-hydrogen) atoms. The smallest absolute Gasteiger partial charge is 0.167 e. The quantitative estimate of drug-likeness (QED) is 0.875. The highest BCUT2D eigenvalue weighted by Gasteiger charge is 2.26. The lowest BCUT2D eigenvalue weighted by atomic mass is 10.1. The van der Waals surface area contributed by atoms with Crippen molar-refractivity contribution in [1.29, 1.82) is 0 Å². The van der Waals surface area contributed by atoms with Gasteiger partial charge in [-0.25, -0.2) is 8.78 Å². The summed E-state index contributed by atoms with van der Waals surface area (Å²) in [6.07, 6.45) is 3.00. The number of nitrogens with one attached hydrogen (secondary N) is 1. The highest BCUT2D eigenvalue weighted by atomic mass is 19.1. The summed E-state index contributed by atoms with van der Waals surface area (Å²) in [6.45, 7) is 0.964. The van der Waals surface area contributed by atoms with Crippen LogP contribution in [-0.4, -0.2) is 19.7 Å². The van der Waals surface area contributed by atoms with Gasteiger partial charge in [0.25, 0.3) is 0 Å². The van der Waals surface area contributed by atoms with E-state index in [9.17, 15) is 8.78 Å². The zero-order valence-electron chi connectivity index (χ0n) is 9.88. The molecule has 1 aromatic carbocycles. The molecule has 0 aliphatic heterocycles. The average molecular weight is 241 g/mol. The molecule has 1 aromatic rings. The van der Waals surface area contributed by atoms with E-state index in [0.717, 1.165) is 31.9 Å². The van der Waals surface area contributed by atoms with Gasteiger partial charge in [0.15, 0.2) is 11.6 Å². The van der Waals surface area contributed by atoms with E-state index in [-0.39, 0.29) is 11.9 Å². The number of benzene rings is 1. The molecule has 0 saturated heterocycles. The normalized spacial score (nSPS) is 23.9. The molecule has 2 rings (SSSR count). The predicted octanol–water partition coefficient (Wildman–Crippen LogP) is 2.73. The number of hydrogen-bond donors (Lipinski definition) is 1. The van der Waals surface area contributed by atoms with Crippen molar-refractivity contribution in [1.82, 2.24) is 5.32 Å². The lowest BCUT2D eigenvalue weighted by Gasteiger charge is -2.14. The molecule has 1 fully saturated rings. The Hall–Kier alpha value is -1.16. The maximum atomic E-state index is 13.4. The summed E-state index contributed by atoms with van der Waals surface area (Å²) >= 11 is 0. The third-order valence-corrected chi connectivity index (χ3v) is 3.17. The first-order valence-electron chi connectivity index (χ1n) is 5.95. The van der Waals surface area contributed by atoms with E-state index < -0.39 is 11.6 Å². The van der Waals surface area contributed by atoms with Crippen LogP contribution >= 0.6 is 0 Å². The van der Waals surface area contributed by atoms with Crippen LogP contribution in [0.3, 0.4) is 0 Å². The molecular weight excluding hydrogens is 224 g/mol. The van der Waals surface area contributed by atoms with E-state index in [2.05, 4.69) is 5.32 Å². The van der Waals surface area contributed by atoms with Crippen LogP contribution < -0.4 is 10.1 Å². The number of rotatable bonds is 4. The topological polar surface area (TPSA) is 21.3 Å². The Balaban J connectivity index is 1.93. The minimum Gasteiger partial charge on any atom is -0.487 e. The fraction of sp³-hybridized carbons (Fsp3) is 0.538. The van der Waals surface area contributed by atoms with Gasteiger partial charge in [0.2, 0.25) is 0 Å². The van der Waals surface area contributed by atoms with Gasteiger partial charge < -0.3 is 10.1 Å². The second-order valence-corrected chi connectivity index (χ2v) is 4.55. The van der Waals surface area contributed by atoms with Crippen molar-refractivity contribution in [3.05, 3.63) is 29.8 Å². The number of hydrogen-bond acceptors (Lipinski definition) is 2. The molecule has 4 heteroatoms. The van der Waals surface area contributed by atoms with E-state index in [0.29, 0.717) is 5.92 Å². The summed E-state index contributed by atoms with van der Waals surface area (Å²) in [5, 5.41) is 3.13. The average Bonchev–Trinajstić information content (AvgIpc) is 2.71. The molecule has 1 saturated carbocycles. The molecule has 94 valence electrons. The van der Waals surface area contributed by atoms with Crippen molar-refractivity contribution >= 4 is 0 Å². The van der Waals surface area contributed by atoms with Crippen LogP contribution in [0.4, 0.5) is 8.78 Å². The van der Waals surface area contributed by atoms with Crippen molar-refractivity contribution in [3.8, 4) is 5.75 Å². The molecule has 0 radical (unpaired) electrons. The second-order valence-electron chi connectivity index (χ2n) is 4.55. The molecule has 1 N–H and O–H groups in total. The molecule has 0 amide bonds. The summed E-state index contributed by atoms with van der Waals surface area (Å²) in [4.78, 5) is 0. The molecule has 0 heterocycles. The number of halogens is 2. The first kappa shape index (κ1) is 12.3. The molecule has 2 atom stereocenters. The van der Waals surface area contributed by atoms with Gasteiger partial charge in [-0.05, 0) is 50.9 Å². The molecule has 0 spiro atoms. The Morgan fingerprint density at radius 2 is 2.18 bits per heavy atom. The summed E-state index contributed by atoms with van der Waals surface area (Å²) in [5.41, 5.74) is 0. The molecule has 2 nitrogen and oxygen atoms in total. The minimum absolute atomic E-state index is 0.0494. The summed E-state index contributed by atoms with van der Waals surface area (Å²) in [7, 11) is 1.92. The zero-order valence-corrected chi connectivity index (χ0v) is 9.88. The molecule has 0 bridgehead atoms. The third kappa shape index (κ3) is 3.16. The lowest BCUT2D eigenvalue weighted by Crippen LogP contribution is -2.19. The van der Waals surface area contributed by atoms with E-state index in [1.807, 2.05) is 7.05 Å². The fourth-order valence-corrected chi connectivity index (χ4v) is 2.36. The fourth-order valence-electron chi connectivity index (χ4n) is 2.36. The number of ether oxygens (including phenoxy) is 1. The van der Waals surface area contributed by atoms with Gasteiger partial charge in [-0.15, -0.1) is 0 Å². The van der Waals surface area contributed by atoms with E-state index >= 15 is 0 Å². The van der Waals surface area contributed by atoms with Crippen LogP contribution in [0.2, 0.25) is 0 Å². The van der Waals surface area contributed by atoms with Crippen LogP contribution in [0.1, 0.15) is 19.3 Å². The first-order valence-corrected chi connectivity index (χ1v) is 5.95. The largest absolute Gasteiger partial charge is 0.487 e. The molecule has 1 aliphatic rings. The van der Waals surface area contributed by atoms with Crippen LogP contribution in [0.5, 0.6) is 5.75 Å².